The fraction of sp³-hybridized carbons (Fsp3) is 0.250. The first-order valence-corrected chi connectivity index (χ1v) is 6.37. The lowest BCUT2D eigenvalue weighted by molar-refractivity contribution is 0.628. The second kappa shape index (κ2) is 5.80. The van der Waals surface area contributed by atoms with E-state index >= 15 is 0 Å². The fourth-order valence-electron chi connectivity index (χ4n) is 2.40. The average molecular weight is 240 g/mol. The maximum atomic E-state index is 5.78. The number of aryl methyl sites for hydroxylation is 2. The van der Waals surface area contributed by atoms with E-state index in [9.17, 15) is 0 Å². The van der Waals surface area contributed by atoms with E-state index in [1.807, 2.05) is 0 Å². The Kier molecular flexibility index (Phi) is 4.13. The van der Waals surface area contributed by atoms with Gasteiger partial charge in [0.1, 0.15) is 0 Å². The molecule has 2 nitrogen and oxygen atoms in total. The van der Waals surface area contributed by atoms with Crippen LogP contribution in [0.1, 0.15) is 35.2 Å². The zero-order valence-corrected chi connectivity index (χ0v) is 11.0. The molecule has 18 heavy (non-hydrogen) atoms. The van der Waals surface area contributed by atoms with Crippen LogP contribution >= 0.6 is 0 Å². The topological polar surface area (TPSA) is 38.0 Å². The van der Waals surface area contributed by atoms with Crippen LogP contribution in [0.2, 0.25) is 0 Å². The Bertz CT molecular complexity index is 520. The van der Waals surface area contributed by atoms with Gasteiger partial charge in [-0.3, -0.25) is 5.84 Å². The molecule has 3 N–H and O–H groups in total. The molecular formula is C16H20N2. The number of benzene rings is 2. The molecule has 0 aliphatic heterocycles. The zero-order valence-electron chi connectivity index (χ0n) is 11.0. The minimum Gasteiger partial charge on any atom is -0.271 e. The van der Waals surface area contributed by atoms with Crippen molar-refractivity contribution < 1.29 is 0 Å². The number of nitrogens with two attached hydrogens (primary N) is 1. The summed E-state index contributed by atoms with van der Waals surface area (Å²) in [5, 5.41) is 0. The first-order valence-electron chi connectivity index (χ1n) is 6.37. The van der Waals surface area contributed by atoms with Crippen LogP contribution in [0.4, 0.5) is 0 Å². The summed E-state index contributed by atoms with van der Waals surface area (Å²) in [7, 11) is 0. The van der Waals surface area contributed by atoms with E-state index in [0.717, 1.165) is 6.42 Å². The van der Waals surface area contributed by atoms with Crippen molar-refractivity contribution in [2.45, 2.75) is 26.3 Å². The molecule has 0 saturated carbocycles. The van der Waals surface area contributed by atoms with Gasteiger partial charge in [-0.15, -0.1) is 0 Å². The normalized spacial score (nSPS) is 12.4. The summed E-state index contributed by atoms with van der Waals surface area (Å²) in [5.41, 5.74) is 8.04. The Hall–Kier alpha value is -1.64. The molecule has 0 aliphatic carbocycles. The third-order valence-electron chi connectivity index (χ3n) is 3.41. The highest BCUT2D eigenvalue weighted by atomic mass is 15.2. The Morgan fingerprint density at radius 3 is 2.22 bits per heavy atom. The van der Waals surface area contributed by atoms with Crippen molar-refractivity contribution >= 4 is 0 Å². The van der Waals surface area contributed by atoms with Crippen molar-refractivity contribution in [3.8, 4) is 0 Å². The quantitative estimate of drug-likeness (QED) is 0.636. The third kappa shape index (κ3) is 2.45. The molecule has 2 aromatic carbocycles. The SMILES string of the molecule is CCc1ccccc1C(NN)c1ccccc1C. The molecule has 0 radical (unpaired) electrons. The standard InChI is InChI=1S/C16H20N2/c1-3-13-9-5-7-11-15(13)16(18-17)14-10-6-4-8-12(14)2/h4-11,16,18H,3,17H2,1-2H3. The molecular weight excluding hydrogens is 220 g/mol. The maximum Gasteiger partial charge on any atom is 0.0715 e. The summed E-state index contributed by atoms with van der Waals surface area (Å²) in [6, 6.07) is 16.9. The van der Waals surface area contributed by atoms with Crippen molar-refractivity contribution in [1.82, 2.24) is 5.43 Å². The molecule has 0 bridgehead atoms. The number of hydrogen-bond donors (Lipinski definition) is 2. The van der Waals surface area contributed by atoms with Crippen LogP contribution in [-0.2, 0) is 6.42 Å². The molecule has 0 heterocycles. The molecule has 2 aromatic rings. The lowest BCUT2D eigenvalue weighted by Gasteiger charge is -2.21. The summed E-state index contributed by atoms with van der Waals surface area (Å²) >= 11 is 0. The zero-order chi connectivity index (χ0) is 13.0. The first-order chi connectivity index (χ1) is 8.77. The van der Waals surface area contributed by atoms with Crippen LogP contribution in [0.25, 0.3) is 0 Å². The van der Waals surface area contributed by atoms with Crippen LogP contribution in [-0.4, -0.2) is 0 Å². The van der Waals surface area contributed by atoms with Gasteiger partial charge in [-0.1, -0.05) is 55.5 Å². The van der Waals surface area contributed by atoms with E-state index < -0.39 is 0 Å². The largest absolute Gasteiger partial charge is 0.271 e. The summed E-state index contributed by atoms with van der Waals surface area (Å²) in [6.07, 6.45) is 1.01. The molecule has 0 saturated heterocycles. The Morgan fingerprint density at radius 2 is 1.61 bits per heavy atom. The molecule has 0 spiro atoms. The molecule has 0 aromatic heterocycles. The van der Waals surface area contributed by atoms with Gasteiger partial charge in [-0.2, -0.15) is 0 Å². The number of hydrogen-bond acceptors (Lipinski definition) is 2. The average Bonchev–Trinajstić information content (AvgIpc) is 2.42. The van der Waals surface area contributed by atoms with Gasteiger partial charge >= 0.3 is 0 Å². The molecule has 0 fully saturated rings. The van der Waals surface area contributed by atoms with Gasteiger partial charge in [-0.25, -0.2) is 5.43 Å². The van der Waals surface area contributed by atoms with Crippen LogP contribution < -0.4 is 11.3 Å². The van der Waals surface area contributed by atoms with Crippen molar-refractivity contribution in [3.63, 3.8) is 0 Å². The smallest absolute Gasteiger partial charge is 0.0715 e. The second-order valence-electron chi connectivity index (χ2n) is 4.51. The highest BCUT2D eigenvalue weighted by Gasteiger charge is 2.16. The summed E-state index contributed by atoms with van der Waals surface area (Å²) in [4.78, 5) is 0. The van der Waals surface area contributed by atoms with Crippen LogP contribution in [0.3, 0.4) is 0 Å². The lowest BCUT2D eigenvalue weighted by Crippen LogP contribution is -2.30. The van der Waals surface area contributed by atoms with Gasteiger partial charge in [0.15, 0.2) is 0 Å². The van der Waals surface area contributed by atoms with E-state index in [1.165, 1.54) is 22.3 Å². The van der Waals surface area contributed by atoms with E-state index in [-0.39, 0.29) is 6.04 Å². The van der Waals surface area contributed by atoms with Gasteiger partial charge in [0.2, 0.25) is 0 Å². The van der Waals surface area contributed by atoms with E-state index in [2.05, 4.69) is 67.8 Å². The van der Waals surface area contributed by atoms with Crippen molar-refractivity contribution in [2.24, 2.45) is 5.84 Å². The Morgan fingerprint density at radius 1 is 1.00 bits per heavy atom. The third-order valence-corrected chi connectivity index (χ3v) is 3.41. The Balaban J connectivity index is 2.49. The number of rotatable bonds is 4. The van der Waals surface area contributed by atoms with Crippen LogP contribution in [0.15, 0.2) is 48.5 Å². The van der Waals surface area contributed by atoms with Gasteiger partial charge in [0.25, 0.3) is 0 Å². The lowest BCUT2D eigenvalue weighted by atomic mass is 9.91. The van der Waals surface area contributed by atoms with Gasteiger partial charge < -0.3 is 0 Å². The van der Waals surface area contributed by atoms with Crippen LogP contribution in [0.5, 0.6) is 0 Å². The monoisotopic (exact) mass is 240 g/mol. The van der Waals surface area contributed by atoms with Crippen molar-refractivity contribution in [1.29, 1.82) is 0 Å². The minimum atomic E-state index is 0.0577. The highest BCUT2D eigenvalue weighted by molar-refractivity contribution is 5.40. The first kappa shape index (κ1) is 12.8. The fourth-order valence-corrected chi connectivity index (χ4v) is 2.40. The summed E-state index contributed by atoms with van der Waals surface area (Å²) in [5.74, 6) is 5.78. The van der Waals surface area contributed by atoms with E-state index in [4.69, 9.17) is 5.84 Å². The molecule has 2 rings (SSSR count). The van der Waals surface area contributed by atoms with Crippen LogP contribution in [0, 0.1) is 6.92 Å². The second-order valence-corrected chi connectivity index (χ2v) is 4.51. The van der Waals surface area contributed by atoms with Gasteiger partial charge in [-0.05, 0) is 35.6 Å². The van der Waals surface area contributed by atoms with Crippen molar-refractivity contribution in [3.05, 3.63) is 70.8 Å². The van der Waals surface area contributed by atoms with Gasteiger partial charge in [0.05, 0.1) is 6.04 Å². The molecule has 1 unspecified atom stereocenters. The highest BCUT2D eigenvalue weighted by Crippen LogP contribution is 2.26. The van der Waals surface area contributed by atoms with E-state index in [1.54, 1.807) is 0 Å². The molecule has 0 aliphatic rings. The molecule has 2 heteroatoms. The summed E-state index contributed by atoms with van der Waals surface area (Å²) in [6.45, 7) is 4.29. The Labute approximate surface area is 109 Å². The molecule has 94 valence electrons. The number of hydrazine groups is 1. The van der Waals surface area contributed by atoms with Gasteiger partial charge in [0, 0.05) is 0 Å². The minimum absolute atomic E-state index is 0.0577. The predicted octanol–water partition coefficient (Wildman–Crippen LogP) is 3.11. The maximum absolute atomic E-state index is 5.78. The summed E-state index contributed by atoms with van der Waals surface area (Å²) < 4.78 is 0. The number of nitrogens with one attached hydrogen (secondary N) is 1. The predicted molar refractivity (Wildman–Crippen MR) is 76.2 cm³/mol. The van der Waals surface area contributed by atoms with Crippen molar-refractivity contribution in [2.75, 3.05) is 0 Å². The molecule has 0 amide bonds. The van der Waals surface area contributed by atoms with E-state index in [0.29, 0.717) is 0 Å². The molecule has 1 atom stereocenters.